The molecule has 1 aliphatic heterocycles. The molecular weight excluding hydrogens is 432 g/mol. The van der Waals surface area contributed by atoms with Crippen LogP contribution in [0, 0.1) is 0 Å². The summed E-state index contributed by atoms with van der Waals surface area (Å²) in [5.74, 6) is 1.05. The molecule has 4 aromatic rings. The van der Waals surface area contributed by atoms with Crippen molar-refractivity contribution in [3.05, 3.63) is 90.4 Å². The molecule has 0 unspecified atom stereocenters. The largest absolute Gasteiger partial charge is 0.489 e. The summed E-state index contributed by atoms with van der Waals surface area (Å²) in [6, 6.07) is 20.9. The van der Waals surface area contributed by atoms with Gasteiger partial charge in [-0.15, -0.1) is 0 Å². The van der Waals surface area contributed by atoms with Crippen LogP contribution in [-0.2, 0) is 6.61 Å². The van der Waals surface area contributed by atoms with Gasteiger partial charge in [-0.3, -0.25) is 9.78 Å². The molecule has 2 aromatic heterocycles. The third-order valence-electron chi connectivity index (χ3n) is 5.74. The van der Waals surface area contributed by atoms with Gasteiger partial charge in [0.15, 0.2) is 5.75 Å². The van der Waals surface area contributed by atoms with Crippen LogP contribution >= 0.6 is 0 Å². The average Bonchev–Trinajstić information content (AvgIpc) is 3.32. The Kier molecular flexibility index (Phi) is 6.11. The predicted molar refractivity (Wildman–Crippen MR) is 127 cm³/mol. The summed E-state index contributed by atoms with van der Waals surface area (Å²) in [6.45, 7) is 2.16. The number of aromatic amines is 1. The van der Waals surface area contributed by atoms with E-state index in [9.17, 15) is 9.59 Å². The van der Waals surface area contributed by atoms with Gasteiger partial charge in [0, 0.05) is 43.3 Å². The molecule has 172 valence electrons. The second-order valence-electron chi connectivity index (χ2n) is 8.04. The summed E-state index contributed by atoms with van der Waals surface area (Å²) in [5.41, 5.74) is 2.48. The van der Waals surface area contributed by atoms with Crippen LogP contribution in [-0.4, -0.2) is 57.9 Å². The van der Waals surface area contributed by atoms with E-state index in [-0.39, 0.29) is 5.91 Å². The molecule has 0 saturated carbocycles. The first kappa shape index (κ1) is 21.5. The monoisotopic (exact) mass is 456 g/mol. The van der Waals surface area contributed by atoms with Crippen LogP contribution in [0.1, 0.15) is 16.1 Å². The highest BCUT2D eigenvalue weighted by atomic mass is 16.6. The van der Waals surface area contributed by atoms with E-state index in [1.807, 2.05) is 54.6 Å². The van der Waals surface area contributed by atoms with E-state index < -0.39 is 6.09 Å². The van der Waals surface area contributed by atoms with Crippen LogP contribution in [0.4, 0.5) is 4.79 Å². The summed E-state index contributed by atoms with van der Waals surface area (Å²) in [6.07, 6.45) is 2.67. The average molecular weight is 457 g/mol. The van der Waals surface area contributed by atoms with E-state index >= 15 is 0 Å². The predicted octanol–water partition coefficient (Wildman–Crippen LogP) is 4.10. The topological polar surface area (TPSA) is 87.8 Å². The Morgan fingerprint density at radius 3 is 2.44 bits per heavy atom. The number of piperazine rings is 1. The highest BCUT2D eigenvalue weighted by Gasteiger charge is 2.26. The number of ether oxygens (including phenoxy) is 2. The van der Waals surface area contributed by atoms with Crippen molar-refractivity contribution in [2.24, 2.45) is 0 Å². The lowest BCUT2D eigenvalue weighted by molar-refractivity contribution is 0.0629. The second kappa shape index (κ2) is 9.66. The van der Waals surface area contributed by atoms with E-state index in [4.69, 9.17) is 9.47 Å². The van der Waals surface area contributed by atoms with Crippen molar-refractivity contribution in [3.8, 4) is 11.5 Å². The fraction of sp³-hybridized carbons (Fsp3) is 0.192. The number of benzene rings is 2. The molecule has 8 heteroatoms. The summed E-state index contributed by atoms with van der Waals surface area (Å²) < 4.78 is 11.2. The third kappa shape index (κ3) is 4.85. The number of pyridine rings is 1. The van der Waals surface area contributed by atoms with Gasteiger partial charge in [0.1, 0.15) is 18.1 Å². The normalized spacial score (nSPS) is 13.6. The zero-order valence-electron chi connectivity index (χ0n) is 18.5. The quantitative estimate of drug-likeness (QED) is 0.489. The highest BCUT2D eigenvalue weighted by Crippen LogP contribution is 2.23. The molecule has 0 bridgehead atoms. The Morgan fingerprint density at radius 2 is 1.68 bits per heavy atom. The SMILES string of the molecule is O=C(Oc1cccnc1)N1CCN(C(=O)c2cc3cc(OCc4ccccc4)ccc3[nH]2)CC1. The Bertz CT molecular complexity index is 1280. The molecule has 5 rings (SSSR count). The van der Waals surface area contributed by atoms with E-state index in [0.29, 0.717) is 44.2 Å². The Labute approximate surface area is 196 Å². The van der Waals surface area contributed by atoms with Gasteiger partial charge in [-0.05, 0) is 42.0 Å². The van der Waals surface area contributed by atoms with E-state index in [2.05, 4.69) is 9.97 Å². The lowest BCUT2D eigenvalue weighted by Gasteiger charge is -2.33. The Morgan fingerprint density at radius 1 is 0.882 bits per heavy atom. The van der Waals surface area contributed by atoms with Crippen LogP contribution in [0.5, 0.6) is 11.5 Å². The van der Waals surface area contributed by atoms with Gasteiger partial charge in [-0.1, -0.05) is 30.3 Å². The van der Waals surface area contributed by atoms with Crippen LogP contribution in [0.15, 0.2) is 79.1 Å². The number of carbonyl (C=O) groups is 2. The maximum absolute atomic E-state index is 13.1. The molecule has 1 aliphatic rings. The first-order valence-electron chi connectivity index (χ1n) is 11.1. The molecule has 1 saturated heterocycles. The fourth-order valence-corrected chi connectivity index (χ4v) is 3.89. The smallest absolute Gasteiger partial charge is 0.415 e. The molecule has 3 heterocycles. The molecule has 0 spiro atoms. The van der Waals surface area contributed by atoms with Gasteiger partial charge in [-0.25, -0.2) is 4.79 Å². The first-order chi connectivity index (χ1) is 16.7. The molecule has 2 amide bonds. The van der Waals surface area contributed by atoms with Crippen LogP contribution in [0.3, 0.4) is 0 Å². The van der Waals surface area contributed by atoms with Crippen molar-refractivity contribution < 1.29 is 19.1 Å². The van der Waals surface area contributed by atoms with E-state index in [1.165, 1.54) is 6.20 Å². The summed E-state index contributed by atoms with van der Waals surface area (Å²) >= 11 is 0. The van der Waals surface area contributed by atoms with Crippen molar-refractivity contribution in [2.45, 2.75) is 6.61 Å². The molecule has 2 aromatic carbocycles. The van der Waals surface area contributed by atoms with Gasteiger partial charge < -0.3 is 24.3 Å². The number of hydrogen-bond acceptors (Lipinski definition) is 5. The number of hydrogen-bond donors (Lipinski definition) is 1. The molecule has 0 radical (unpaired) electrons. The zero-order chi connectivity index (χ0) is 23.3. The number of nitrogens with one attached hydrogen (secondary N) is 1. The molecule has 0 aliphatic carbocycles. The number of amides is 2. The van der Waals surface area contributed by atoms with E-state index in [1.54, 1.807) is 28.1 Å². The number of aromatic nitrogens is 2. The standard InChI is InChI=1S/C26H24N4O4/c31-25(29-11-13-30(14-12-29)26(32)34-22-7-4-10-27-17-22)24-16-20-15-21(8-9-23(20)28-24)33-18-19-5-2-1-3-6-19/h1-10,15-17,28H,11-14,18H2. The molecule has 0 atom stereocenters. The minimum absolute atomic E-state index is 0.0942. The van der Waals surface area contributed by atoms with Gasteiger partial charge in [0.05, 0.1) is 6.20 Å². The van der Waals surface area contributed by atoms with Crippen molar-refractivity contribution in [2.75, 3.05) is 26.2 Å². The fourth-order valence-electron chi connectivity index (χ4n) is 3.89. The number of rotatable bonds is 5. The highest BCUT2D eigenvalue weighted by molar-refractivity contribution is 5.98. The van der Waals surface area contributed by atoms with Gasteiger partial charge in [0.25, 0.3) is 5.91 Å². The van der Waals surface area contributed by atoms with E-state index in [0.717, 1.165) is 22.2 Å². The third-order valence-corrected chi connectivity index (χ3v) is 5.74. The number of nitrogens with zero attached hydrogens (tertiary/aromatic N) is 3. The molecule has 1 N–H and O–H groups in total. The Balaban J connectivity index is 1.18. The van der Waals surface area contributed by atoms with Gasteiger partial charge >= 0.3 is 6.09 Å². The van der Waals surface area contributed by atoms with Crippen LogP contribution in [0.25, 0.3) is 10.9 Å². The lowest BCUT2D eigenvalue weighted by atomic mass is 10.2. The van der Waals surface area contributed by atoms with Crippen molar-refractivity contribution in [1.29, 1.82) is 0 Å². The maximum Gasteiger partial charge on any atom is 0.415 e. The van der Waals surface area contributed by atoms with Gasteiger partial charge in [0.2, 0.25) is 0 Å². The van der Waals surface area contributed by atoms with Crippen LogP contribution in [0.2, 0.25) is 0 Å². The minimum Gasteiger partial charge on any atom is -0.489 e. The number of carbonyl (C=O) groups excluding carboxylic acids is 2. The zero-order valence-corrected chi connectivity index (χ0v) is 18.5. The minimum atomic E-state index is -0.436. The molecule has 34 heavy (non-hydrogen) atoms. The van der Waals surface area contributed by atoms with Crippen molar-refractivity contribution >= 4 is 22.9 Å². The van der Waals surface area contributed by atoms with Crippen molar-refractivity contribution in [1.82, 2.24) is 19.8 Å². The second-order valence-corrected chi connectivity index (χ2v) is 8.04. The summed E-state index contributed by atoms with van der Waals surface area (Å²) in [4.78, 5) is 35.9. The first-order valence-corrected chi connectivity index (χ1v) is 11.1. The molecule has 1 fully saturated rings. The maximum atomic E-state index is 13.1. The molecule has 8 nitrogen and oxygen atoms in total. The summed E-state index contributed by atoms with van der Waals surface area (Å²) in [5, 5.41) is 0.910. The van der Waals surface area contributed by atoms with Crippen molar-refractivity contribution in [3.63, 3.8) is 0 Å². The number of H-pyrrole nitrogens is 1. The lowest BCUT2D eigenvalue weighted by Crippen LogP contribution is -2.51. The molecular formula is C26H24N4O4. The van der Waals surface area contributed by atoms with Gasteiger partial charge in [-0.2, -0.15) is 0 Å². The summed E-state index contributed by atoms with van der Waals surface area (Å²) in [7, 11) is 0. The Hall–Kier alpha value is -4.33. The number of fused-ring (bicyclic) bond motifs is 1. The van der Waals surface area contributed by atoms with Crippen LogP contribution < -0.4 is 9.47 Å².